The molecule has 0 saturated heterocycles. The Morgan fingerprint density at radius 2 is 1.85 bits per heavy atom. The Bertz CT molecular complexity index is 532. The minimum absolute atomic E-state index is 0.723. The van der Waals surface area contributed by atoms with Crippen molar-refractivity contribution in [3.63, 3.8) is 0 Å². The number of hydrogen-bond donors (Lipinski definition) is 2. The summed E-state index contributed by atoms with van der Waals surface area (Å²) in [7, 11) is 1.77. The lowest BCUT2D eigenvalue weighted by Gasteiger charge is -2.12. The molecule has 2 N–H and O–H groups in total. The van der Waals surface area contributed by atoms with Gasteiger partial charge < -0.3 is 15.2 Å². The van der Waals surface area contributed by atoms with E-state index in [-0.39, 0.29) is 0 Å². The molecular formula is C15H19ClN4. The van der Waals surface area contributed by atoms with Crippen LogP contribution in [0.5, 0.6) is 0 Å². The molecule has 0 bridgehead atoms. The average molecular weight is 291 g/mol. The van der Waals surface area contributed by atoms with Gasteiger partial charge in [0.15, 0.2) is 5.96 Å². The van der Waals surface area contributed by atoms with Crippen LogP contribution in [0.2, 0.25) is 5.02 Å². The van der Waals surface area contributed by atoms with E-state index in [1.807, 2.05) is 48.8 Å². The summed E-state index contributed by atoms with van der Waals surface area (Å²) in [6.07, 6.45) is 4.09. The van der Waals surface area contributed by atoms with Crippen molar-refractivity contribution in [1.29, 1.82) is 0 Å². The fourth-order valence-electron chi connectivity index (χ4n) is 1.83. The number of aliphatic imine (C=N–C) groups is 1. The number of guanidine groups is 1. The molecule has 5 heteroatoms. The number of hydrogen-bond acceptors (Lipinski definition) is 1. The van der Waals surface area contributed by atoms with Gasteiger partial charge in [0.05, 0.1) is 0 Å². The first-order chi connectivity index (χ1) is 9.78. The van der Waals surface area contributed by atoms with Crippen LogP contribution in [0.1, 0.15) is 5.56 Å². The lowest BCUT2D eigenvalue weighted by atomic mass is 10.2. The van der Waals surface area contributed by atoms with Crippen LogP contribution in [-0.4, -0.2) is 24.1 Å². The largest absolute Gasteiger partial charge is 0.355 e. The second kappa shape index (κ2) is 7.60. The lowest BCUT2D eigenvalue weighted by Crippen LogP contribution is -2.38. The van der Waals surface area contributed by atoms with E-state index in [1.54, 1.807) is 7.05 Å². The number of aromatic nitrogens is 1. The van der Waals surface area contributed by atoms with Crippen molar-refractivity contribution in [2.75, 3.05) is 13.6 Å². The Labute approximate surface area is 124 Å². The van der Waals surface area contributed by atoms with Crippen LogP contribution in [0.25, 0.3) is 0 Å². The van der Waals surface area contributed by atoms with Crippen molar-refractivity contribution >= 4 is 17.6 Å². The third-order valence-electron chi connectivity index (χ3n) is 2.93. The van der Waals surface area contributed by atoms with Crippen molar-refractivity contribution < 1.29 is 0 Å². The number of rotatable bonds is 5. The number of nitrogens with zero attached hydrogens (tertiary/aromatic N) is 2. The molecule has 0 radical (unpaired) electrons. The number of benzene rings is 1. The van der Waals surface area contributed by atoms with E-state index in [9.17, 15) is 0 Å². The smallest absolute Gasteiger partial charge is 0.191 e. The van der Waals surface area contributed by atoms with Gasteiger partial charge in [0.2, 0.25) is 0 Å². The van der Waals surface area contributed by atoms with Gasteiger partial charge in [-0.25, -0.2) is 0 Å². The van der Waals surface area contributed by atoms with Gasteiger partial charge >= 0.3 is 0 Å². The van der Waals surface area contributed by atoms with E-state index in [2.05, 4.69) is 20.2 Å². The Hall–Kier alpha value is -1.94. The maximum Gasteiger partial charge on any atom is 0.191 e. The third kappa shape index (κ3) is 4.63. The van der Waals surface area contributed by atoms with E-state index in [0.717, 1.165) is 30.6 Å². The quantitative estimate of drug-likeness (QED) is 0.656. The summed E-state index contributed by atoms with van der Waals surface area (Å²) in [5, 5.41) is 7.31. The molecule has 0 aliphatic carbocycles. The zero-order valence-electron chi connectivity index (χ0n) is 11.5. The van der Waals surface area contributed by atoms with E-state index in [0.29, 0.717) is 0 Å². The van der Waals surface area contributed by atoms with Gasteiger partial charge in [0, 0.05) is 44.1 Å². The number of halogens is 1. The van der Waals surface area contributed by atoms with Gasteiger partial charge in [0.1, 0.15) is 0 Å². The van der Waals surface area contributed by atoms with E-state index >= 15 is 0 Å². The standard InChI is InChI=1S/C15H19ClN4/c1-17-15(18-8-11-20-9-2-3-10-20)19-12-13-4-6-14(16)7-5-13/h2-7,9-10H,8,11-12H2,1H3,(H2,17,18,19). The SMILES string of the molecule is CN=C(NCCn1cccc1)NCc1ccc(Cl)cc1. The van der Waals surface area contributed by atoms with Crippen LogP contribution in [0.3, 0.4) is 0 Å². The predicted molar refractivity (Wildman–Crippen MR) is 84.1 cm³/mol. The molecule has 1 aromatic heterocycles. The van der Waals surface area contributed by atoms with Crippen molar-refractivity contribution in [1.82, 2.24) is 15.2 Å². The lowest BCUT2D eigenvalue weighted by molar-refractivity contribution is 0.665. The Morgan fingerprint density at radius 1 is 1.15 bits per heavy atom. The molecule has 0 aliphatic rings. The molecule has 106 valence electrons. The normalized spacial score (nSPS) is 11.4. The minimum Gasteiger partial charge on any atom is -0.355 e. The highest BCUT2D eigenvalue weighted by molar-refractivity contribution is 6.30. The zero-order chi connectivity index (χ0) is 14.2. The zero-order valence-corrected chi connectivity index (χ0v) is 12.3. The summed E-state index contributed by atoms with van der Waals surface area (Å²) in [5.41, 5.74) is 1.17. The molecule has 0 unspecified atom stereocenters. The van der Waals surface area contributed by atoms with Crippen LogP contribution >= 0.6 is 11.6 Å². The second-order valence-corrected chi connectivity index (χ2v) is 4.84. The topological polar surface area (TPSA) is 41.4 Å². The Morgan fingerprint density at radius 3 is 2.50 bits per heavy atom. The predicted octanol–water partition coefficient (Wildman–Crippen LogP) is 2.51. The van der Waals surface area contributed by atoms with Crippen molar-refractivity contribution in [3.05, 3.63) is 59.4 Å². The first-order valence-electron chi connectivity index (χ1n) is 6.57. The van der Waals surface area contributed by atoms with Gasteiger partial charge in [-0.3, -0.25) is 4.99 Å². The molecule has 0 fully saturated rings. The average Bonchev–Trinajstić information content (AvgIpc) is 2.97. The summed E-state index contributed by atoms with van der Waals surface area (Å²) in [6.45, 7) is 2.46. The monoisotopic (exact) mass is 290 g/mol. The summed E-state index contributed by atoms with van der Waals surface area (Å²) in [5.74, 6) is 0.798. The minimum atomic E-state index is 0.723. The van der Waals surface area contributed by atoms with E-state index in [4.69, 9.17) is 11.6 Å². The van der Waals surface area contributed by atoms with Crippen molar-refractivity contribution in [3.8, 4) is 0 Å². The highest BCUT2D eigenvalue weighted by Gasteiger charge is 1.98. The summed E-state index contributed by atoms with van der Waals surface area (Å²) in [6, 6.07) is 11.8. The van der Waals surface area contributed by atoms with Gasteiger partial charge in [-0.2, -0.15) is 0 Å². The van der Waals surface area contributed by atoms with Crippen molar-refractivity contribution in [2.45, 2.75) is 13.1 Å². The van der Waals surface area contributed by atoms with Crippen LogP contribution < -0.4 is 10.6 Å². The van der Waals surface area contributed by atoms with Gasteiger partial charge in [-0.05, 0) is 29.8 Å². The molecule has 0 amide bonds. The van der Waals surface area contributed by atoms with E-state index < -0.39 is 0 Å². The molecule has 2 rings (SSSR count). The molecule has 0 aliphatic heterocycles. The van der Waals surface area contributed by atoms with Crippen LogP contribution in [0.4, 0.5) is 0 Å². The number of nitrogens with one attached hydrogen (secondary N) is 2. The molecule has 1 aromatic carbocycles. The van der Waals surface area contributed by atoms with Crippen LogP contribution in [0, 0.1) is 0 Å². The van der Waals surface area contributed by atoms with Gasteiger partial charge in [-0.15, -0.1) is 0 Å². The molecule has 1 heterocycles. The highest BCUT2D eigenvalue weighted by Crippen LogP contribution is 2.08. The summed E-state index contributed by atoms with van der Waals surface area (Å²) >= 11 is 5.86. The molecule has 0 spiro atoms. The second-order valence-electron chi connectivity index (χ2n) is 4.40. The first-order valence-corrected chi connectivity index (χ1v) is 6.95. The highest BCUT2D eigenvalue weighted by atomic mass is 35.5. The maximum absolute atomic E-state index is 5.86. The Kier molecular flexibility index (Phi) is 5.50. The molecule has 0 atom stereocenters. The first kappa shape index (κ1) is 14.5. The molecule has 0 saturated carbocycles. The third-order valence-corrected chi connectivity index (χ3v) is 3.18. The molecule has 2 aromatic rings. The molecule has 4 nitrogen and oxygen atoms in total. The fourth-order valence-corrected chi connectivity index (χ4v) is 1.96. The van der Waals surface area contributed by atoms with E-state index in [1.165, 1.54) is 5.56 Å². The van der Waals surface area contributed by atoms with Gasteiger partial charge in [0.25, 0.3) is 0 Å². The molecule has 20 heavy (non-hydrogen) atoms. The fraction of sp³-hybridized carbons (Fsp3) is 0.267. The van der Waals surface area contributed by atoms with Gasteiger partial charge in [-0.1, -0.05) is 23.7 Å². The Balaban J connectivity index is 1.73. The van der Waals surface area contributed by atoms with Crippen molar-refractivity contribution in [2.24, 2.45) is 4.99 Å². The molecular weight excluding hydrogens is 272 g/mol. The van der Waals surface area contributed by atoms with Crippen LogP contribution in [-0.2, 0) is 13.1 Å². The van der Waals surface area contributed by atoms with Crippen LogP contribution in [0.15, 0.2) is 53.8 Å². The maximum atomic E-state index is 5.86. The summed E-state index contributed by atoms with van der Waals surface area (Å²) in [4.78, 5) is 4.20. The summed E-state index contributed by atoms with van der Waals surface area (Å²) < 4.78 is 2.12.